The number of fused-ring (bicyclic) bond motifs is 5. The van der Waals surface area contributed by atoms with Crippen molar-refractivity contribution in [2.75, 3.05) is 125 Å². The minimum absolute atomic E-state index is 0.0284. The molecular formula is C106H163ClN14O21. The molecule has 8 rings (SSSR count). The number of nitrogens with zero attached hydrogens (tertiary/aromatic N) is 10. The topological polar surface area (TPSA) is 460 Å². The van der Waals surface area contributed by atoms with Crippen molar-refractivity contribution in [3.8, 4) is 98.8 Å². The first-order valence-electron chi connectivity index (χ1n) is 47.6. The summed E-state index contributed by atoms with van der Waals surface area (Å²) in [7, 11) is 0. The standard InChI is InChI=1S/C14H16ClN3O3.C14H17N3O3.C12H21NO2.C11H20N2O2.2C11H19NO3.C8H5NO2.C8H14.C6H11NO.C5H8.C4H6O.C2H7NO/c15-13(16-20)12-7-6-11-8-17(12)14(19)18(11)21-9-10-4-2-1-3-5-10;18-14-16-9-13(7-6-12(16)8-15-19)17(14)20-10-11-4-2-1-3-5-11;1-6-8-10-13(9-7-2)11(14)15-12(3,4)5;1-5-6-8-13(9-7-12)10(14)15-11(2,3)4;2*1-5-6-7-12(8-9-13)10(14)15-11(2,3)4;10-7-5-3-1-2-4-6(5)8(11)9-7;1-3-5-7-8-6-4-2;1-2-3-4-7-5-6-8;1-3-5-4-2;1-2-3-4-5;3-1-2-4/h1-5,11-12,20H,6-9H2;1-5,8,12-13,19H,6-7,9-10H2;1H,7-10H2,2-5H3;1H,6-9,12H2,2-4H3;2*1,13H,6-9H2,2-4H3;1-4H,(H,9,10,11);1H,4-8H2,2H3;1,7-8H,3-6H2;1H,4-5H2,2H3;1,5H,3-4H2;4H,1-3H2/b16-13-;15-8+;;;;;;;;;;/t11-,12+;12-,13+;;;;;;;;;;/m10........../s1. The quantitative estimate of drug-likeness (QED) is 0.00495. The number of halogens is 1. The zero-order valence-electron chi connectivity index (χ0n) is 86.5. The SMILES string of the molecule is C#CCCC.C#CCCCCCC.C#CCCN(CCC)C(=O)OC(C)(C)C.C#CCCN(CCN)C(=O)OC(C)(C)C.C#CCCN(CCO)C(=O)OC(C)(C)C.C#CCCN(CCO)C(=O)OC(C)(C)C.C#CCCNCCO.C#CCCO.NCCO.O=C1N2C[C@@H](CC[C@H]2/C(Cl)=N/O)N1OCc1ccccc1.O=C1N2C[C@@H](CC[C@H]2/C=N/O)N1OCc1ccccc1.O=C1NC(=O)c2ccccc21. The highest BCUT2D eigenvalue weighted by atomic mass is 35.5. The van der Waals surface area contributed by atoms with Crippen LogP contribution in [0, 0.1) is 98.8 Å². The van der Waals surface area contributed by atoms with Gasteiger partial charge in [-0.25, -0.2) is 28.8 Å². The van der Waals surface area contributed by atoms with Gasteiger partial charge in [-0.1, -0.05) is 135 Å². The number of aliphatic hydroxyl groups excluding tert-OH is 5. The molecule has 4 bridgehead atoms. The minimum atomic E-state index is -0.527. The molecule has 4 saturated heterocycles. The molecule has 142 heavy (non-hydrogen) atoms. The van der Waals surface area contributed by atoms with Crippen LogP contribution in [0.4, 0.5) is 28.8 Å². The Kier molecular flexibility index (Phi) is 79.8. The lowest BCUT2D eigenvalue weighted by Crippen LogP contribution is -2.43. The number of oxime groups is 2. The van der Waals surface area contributed by atoms with Crippen LogP contribution >= 0.6 is 11.6 Å². The molecule has 5 heterocycles. The van der Waals surface area contributed by atoms with E-state index in [4.69, 9.17) is 139 Å². The van der Waals surface area contributed by atoms with Gasteiger partial charge < -0.3 is 101 Å². The number of hydrogen-bond acceptors (Lipinski definition) is 26. The lowest BCUT2D eigenvalue weighted by molar-refractivity contribution is -0.140. The molecule has 3 aromatic rings. The van der Waals surface area contributed by atoms with Gasteiger partial charge in [-0.3, -0.25) is 24.6 Å². The van der Waals surface area contributed by atoms with Gasteiger partial charge in [-0.05, 0) is 151 Å². The molecule has 0 radical (unpaired) electrons. The van der Waals surface area contributed by atoms with Crippen LogP contribution in [0.3, 0.4) is 0 Å². The van der Waals surface area contributed by atoms with Crippen molar-refractivity contribution < 1.29 is 103 Å². The van der Waals surface area contributed by atoms with Gasteiger partial charge in [-0.2, -0.15) is 10.1 Å². The van der Waals surface area contributed by atoms with E-state index in [0.717, 1.165) is 69.0 Å². The molecule has 5 aliphatic rings. The lowest BCUT2D eigenvalue weighted by Gasteiger charge is -2.28. The van der Waals surface area contributed by atoms with Gasteiger partial charge in [0.2, 0.25) is 0 Å². The Balaban J connectivity index is -0.000000750. The number of amides is 10. The van der Waals surface area contributed by atoms with Crippen LogP contribution < -0.4 is 22.1 Å². The highest BCUT2D eigenvalue weighted by Gasteiger charge is 2.48. The number of urea groups is 2. The lowest BCUT2D eigenvalue weighted by atomic mass is 10.0. The van der Waals surface area contributed by atoms with E-state index in [1.807, 2.05) is 109 Å². The molecule has 0 spiro atoms. The Labute approximate surface area is 851 Å². The summed E-state index contributed by atoms with van der Waals surface area (Å²) in [6.45, 7) is 36.0. The highest BCUT2D eigenvalue weighted by Crippen LogP contribution is 2.33. The molecule has 5 aliphatic heterocycles. The average molecular weight is 2010 g/mol. The second-order valence-corrected chi connectivity index (χ2v) is 35.5. The number of hydrogen-bond donors (Lipinski definition) is 11. The maximum atomic E-state index is 12.4. The first kappa shape index (κ1) is 136. The number of ether oxygens (including phenoxy) is 4. The number of nitrogens with one attached hydrogen (secondary N) is 2. The van der Waals surface area contributed by atoms with Crippen molar-refractivity contribution in [2.45, 2.75) is 279 Å². The number of benzene rings is 3. The van der Waals surface area contributed by atoms with Crippen LogP contribution in [0.25, 0.3) is 0 Å². The van der Waals surface area contributed by atoms with E-state index in [2.05, 4.69) is 82.2 Å². The summed E-state index contributed by atoms with van der Waals surface area (Å²) in [6, 6.07) is 25.5. The van der Waals surface area contributed by atoms with E-state index in [9.17, 15) is 38.4 Å². The van der Waals surface area contributed by atoms with Crippen LogP contribution in [0.15, 0.2) is 95.2 Å². The molecule has 4 atom stereocenters. The molecule has 790 valence electrons. The van der Waals surface area contributed by atoms with Gasteiger partial charge in [-0.15, -0.1) is 98.8 Å². The van der Waals surface area contributed by atoms with Crippen molar-refractivity contribution in [1.29, 1.82) is 0 Å². The number of unbranched alkanes of at least 4 members (excludes halogenated alkanes) is 5. The third kappa shape index (κ3) is 67.2. The Morgan fingerprint density at radius 3 is 1.13 bits per heavy atom. The van der Waals surface area contributed by atoms with E-state index in [0.29, 0.717) is 135 Å². The number of terminal acetylenes is 8. The van der Waals surface area contributed by atoms with Gasteiger partial charge in [0.05, 0.1) is 74.5 Å². The number of nitrogens with two attached hydrogens (primary N) is 2. The van der Waals surface area contributed by atoms with Crippen LogP contribution in [-0.2, 0) is 41.8 Å². The number of aliphatic hydroxyl groups is 5. The molecule has 0 aliphatic carbocycles. The third-order valence-corrected chi connectivity index (χ3v) is 18.7. The van der Waals surface area contributed by atoms with Crippen molar-refractivity contribution >= 4 is 71.2 Å². The van der Waals surface area contributed by atoms with E-state index in [-0.39, 0.29) is 112 Å². The fraction of sp³-hybridized carbons (Fsp3) is 0.585. The first-order chi connectivity index (χ1) is 67.5. The fourth-order valence-corrected chi connectivity index (χ4v) is 12.1. The molecular weight excluding hydrogens is 1840 g/mol. The molecule has 4 fully saturated rings. The van der Waals surface area contributed by atoms with E-state index < -0.39 is 34.6 Å². The number of carbonyl (C=O) groups is 8. The Morgan fingerprint density at radius 2 is 0.817 bits per heavy atom. The first-order valence-corrected chi connectivity index (χ1v) is 47.9. The maximum Gasteiger partial charge on any atom is 0.410 e. The van der Waals surface area contributed by atoms with Gasteiger partial charge in [0.25, 0.3) is 11.8 Å². The van der Waals surface area contributed by atoms with Crippen molar-refractivity contribution in [2.24, 2.45) is 21.8 Å². The number of carbonyl (C=O) groups excluding carboxylic acids is 8. The van der Waals surface area contributed by atoms with Gasteiger partial charge >= 0.3 is 36.4 Å². The molecule has 36 heteroatoms. The Hall–Kier alpha value is -12.3. The Bertz CT molecular complexity index is 4110. The van der Waals surface area contributed by atoms with Crippen LogP contribution in [-0.4, -0.2) is 306 Å². The molecule has 3 aromatic carbocycles. The molecule has 35 nitrogen and oxygen atoms in total. The second kappa shape index (κ2) is 83.4. The molecule has 0 unspecified atom stereocenters. The molecule has 13 N–H and O–H groups in total. The number of hydroxylamine groups is 4. The van der Waals surface area contributed by atoms with E-state index in [1.165, 1.54) is 56.7 Å². The monoisotopic (exact) mass is 2000 g/mol. The predicted molar refractivity (Wildman–Crippen MR) is 558 cm³/mol. The summed E-state index contributed by atoms with van der Waals surface area (Å²) in [6.07, 6.45) is 55.4. The normalized spacial score (nSPS) is 14.6. The number of piperidine rings is 2. The summed E-state index contributed by atoms with van der Waals surface area (Å²) < 4.78 is 20.8. The van der Waals surface area contributed by atoms with Crippen molar-refractivity contribution in [1.82, 2.24) is 50.2 Å². The van der Waals surface area contributed by atoms with Gasteiger partial charge in [0.1, 0.15) is 35.6 Å². The average Bonchev–Trinajstić information content (AvgIpc) is 1.69. The molecule has 10 amide bonds. The van der Waals surface area contributed by atoms with Crippen LogP contribution in [0.2, 0.25) is 0 Å². The summed E-state index contributed by atoms with van der Waals surface area (Å²) in [5.41, 5.74) is 11.2. The molecule has 0 saturated carbocycles. The largest absolute Gasteiger partial charge is 0.444 e. The van der Waals surface area contributed by atoms with Crippen molar-refractivity contribution in [3.63, 3.8) is 0 Å². The highest BCUT2D eigenvalue weighted by molar-refractivity contribution is 6.66. The number of imide groups is 1. The van der Waals surface area contributed by atoms with E-state index in [1.54, 1.807) is 80.5 Å². The summed E-state index contributed by atoms with van der Waals surface area (Å²) >= 11 is 5.87. The fourth-order valence-electron chi connectivity index (χ4n) is 11.9. The summed E-state index contributed by atoms with van der Waals surface area (Å²) in [5.74, 6) is 19.2. The smallest absolute Gasteiger partial charge is 0.410 e. The van der Waals surface area contributed by atoms with Gasteiger partial charge in [0, 0.05) is 143 Å². The maximum absolute atomic E-state index is 12.4. The van der Waals surface area contributed by atoms with Gasteiger partial charge in [0.15, 0.2) is 5.17 Å². The molecule has 0 aromatic heterocycles. The second-order valence-electron chi connectivity index (χ2n) is 35.1. The van der Waals surface area contributed by atoms with Crippen molar-refractivity contribution in [3.05, 3.63) is 107 Å². The zero-order chi connectivity index (χ0) is 108. The summed E-state index contributed by atoms with van der Waals surface area (Å²) in [5, 5.41) is 73.1. The predicted octanol–water partition coefficient (Wildman–Crippen LogP) is 13.7. The van der Waals surface area contributed by atoms with Crippen LogP contribution in [0.5, 0.6) is 0 Å². The Morgan fingerprint density at radius 1 is 0.444 bits per heavy atom. The van der Waals surface area contributed by atoms with Crippen LogP contribution in [0.1, 0.15) is 251 Å². The third-order valence-electron chi connectivity index (χ3n) is 18.4. The minimum Gasteiger partial charge on any atom is -0.444 e. The summed E-state index contributed by atoms with van der Waals surface area (Å²) in [4.78, 5) is 114. The zero-order valence-corrected chi connectivity index (χ0v) is 87.3. The number of rotatable bonds is 35. The van der Waals surface area contributed by atoms with E-state index >= 15 is 0 Å².